The number of carbonyl (C=O) groups is 1. The lowest BCUT2D eigenvalue weighted by molar-refractivity contribution is 0.0964. The third-order valence-corrected chi connectivity index (χ3v) is 9.93. The van der Waals surface area contributed by atoms with Crippen LogP contribution >= 0.6 is 11.9 Å². The Balaban J connectivity index is 1.64. The molecular formula is C29H29F2N3O4S2. The first-order chi connectivity index (χ1) is 19.1. The lowest BCUT2D eigenvalue weighted by Gasteiger charge is -2.34. The van der Waals surface area contributed by atoms with Gasteiger partial charge in [-0.2, -0.15) is 4.31 Å². The molecule has 1 aliphatic rings. The van der Waals surface area contributed by atoms with Crippen LogP contribution in [0.5, 0.6) is 0 Å². The minimum Gasteiger partial charge on any atom is -0.455 e. The number of benzene rings is 3. The van der Waals surface area contributed by atoms with Crippen molar-refractivity contribution >= 4 is 44.5 Å². The first kappa shape index (κ1) is 28.1. The van der Waals surface area contributed by atoms with Gasteiger partial charge >= 0.3 is 0 Å². The van der Waals surface area contributed by atoms with Gasteiger partial charge in [-0.25, -0.2) is 17.2 Å². The Labute approximate surface area is 236 Å². The Morgan fingerprint density at radius 1 is 1.12 bits per heavy atom. The van der Waals surface area contributed by atoms with Crippen molar-refractivity contribution < 1.29 is 26.4 Å². The molecule has 1 saturated heterocycles. The van der Waals surface area contributed by atoms with Gasteiger partial charge in [-0.05, 0) is 66.8 Å². The molecule has 11 heteroatoms. The maximum atomic E-state index is 14.5. The summed E-state index contributed by atoms with van der Waals surface area (Å²) >= 11 is 1.48. The summed E-state index contributed by atoms with van der Waals surface area (Å²) in [4.78, 5) is 12.8. The Morgan fingerprint density at radius 3 is 2.52 bits per heavy atom. The normalized spacial score (nSPS) is 16.3. The van der Waals surface area contributed by atoms with E-state index in [0.717, 1.165) is 17.3 Å². The monoisotopic (exact) mass is 585 g/mol. The SMILES string of the molecule is CNC(=O)c1c(-c2ccc(F)cc2)oc2cc(N(C)SC)c(C3CCCN(S(=O)(=O)c4ccccc4F)C3)cc12. The lowest BCUT2D eigenvalue weighted by atomic mass is 9.89. The van der Waals surface area contributed by atoms with E-state index < -0.39 is 21.7 Å². The van der Waals surface area contributed by atoms with E-state index >= 15 is 0 Å². The second-order valence-corrected chi connectivity index (χ2v) is 12.4. The standard InChI is InChI=1S/C29H29F2N3O4S2/c1-32-29(35)27-22-15-21(19-7-6-14-34(17-19)40(36,37)26-9-5-4-8-23(26)31)24(33(2)39-3)16-25(22)38-28(27)18-10-12-20(30)13-11-18/h4-5,8-13,15-16,19H,6-7,14,17H2,1-3H3,(H,32,35). The average molecular weight is 586 g/mol. The third kappa shape index (κ3) is 5.09. The maximum Gasteiger partial charge on any atom is 0.255 e. The fraction of sp³-hybridized carbons (Fsp3) is 0.276. The number of piperidine rings is 1. The predicted molar refractivity (Wildman–Crippen MR) is 154 cm³/mol. The van der Waals surface area contributed by atoms with Crippen LogP contribution in [0.15, 0.2) is 70.0 Å². The van der Waals surface area contributed by atoms with Crippen molar-refractivity contribution in [2.75, 3.05) is 37.7 Å². The summed E-state index contributed by atoms with van der Waals surface area (Å²) in [6.07, 6.45) is 3.22. The molecule has 1 N–H and O–H groups in total. The minimum absolute atomic E-state index is 0.162. The van der Waals surface area contributed by atoms with E-state index in [1.165, 1.54) is 53.6 Å². The molecule has 0 radical (unpaired) electrons. The zero-order chi connectivity index (χ0) is 28.6. The number of furan rings is 1. The molecule has 1 amide bonds. The van der Waals surface area contributed by atoms with Crippen LogP contribution in [0.4, 0.5) is 14.5 Å². The van der Waals surface area contributed by atoms with Crippen LogP contribution in [-0.4, -0.2) is 52.1 Å². The van der Waals surface area contributed by atoms with Crippen molar-refractivity contribution in [2.24, 2.45) is 0 Å². The number of nitrogens with one attached hydrogen (secondary N) is 1. The highest BCUT2D eigenvalue weighted by Gasteiger charge is 2.34. The number of rotatable bonds is 7. The highest BCUT2D eigenvalue weighted by molar-refractivity contribution is 7.99. The first-order valence-corrected chi connectivity index (χ1v) is 15.4. The van der Waals surface area contributed by atoms with Crippen molar-refractivity contribution in [1.29, 1.82) is 0 Å². The maximum absolute atomic E-state index is 14.5. The summed E-state index contributed by atoms with van der Waals surface area (Å²) in [6, 6.07) is 14.9. The van der Waals surface area contributed by atoms with Crippen molar-refractivity contribution in [2.45, 2.75) is 23.7 Å². The van der Waals surface area contributed by atoms with E-state index in [1.54, 1.807) is 12.1 Å². The van der Waals surface area contributed by atoms with Gasteiger partial charge in [0.25, 0.3) is 5.91 Å². The molecule has 5 rings (SSSR count). The molecule has 0 aliphatic carbocycles. The van der Waals surface area contributed by atoms with E-state index in [-0.39, 0.29) is 29.8 Å². The van der Waals surface area contributed by atoms with Gasteiger partial charge in [-0.3, -0.25) is 4.79 Å². The van der Waals surface area contributed by atoms with Crippen LogP contribution in [0.1, 0.15) is 34.7 Å². The molecule has 40 heavy (non-hydrogen) atoms. The second kappa shape index (κ2) is 11.2. The van der Waals surface area contributed by atoms with E-state index in [1.807, 2.05) is 29.7 Å². The number of anilines is 1. The molecule has 0 spiro atoms. The van der Waals surface area contributed by atoms with Crippen LogP contribution in [0.3, 0.4) is 0 Å². The fourth-order valence-electron chi connectivity index (χ4n) is 5.21. The van der Waals surface area contributed by atoms with Crippen LogP contribution in [0.2, 0.25) is 0 Å². The van der Waals surface area contributed by atoms with Crippen LogP contribution in [0.25, 0.3) is 22.3 Å². The topological polar surface area (TPSA) is 82.9 Å². The fourth-order valence-corrected chi connectivity index (χ4v) is 7.15. The molecular weight excluding hydrogens is 556 g/mol. The van der Waals surface area contributed by atoms with Gasteiger partial charge in [-0.15, -0.1) is 0 Å². The van der Waals surface area contributed by atoms with E-state index in [9.17, 15) is 22.0 Å². The molecule has 210 valence electrons. The molecule has 0 bridgehead atoms. The van der Waals surface area contributed by atoms with E-state index in [4.69, 9.17) is 4.42 Å². The number of nitrogens with zero attached hydrogens (tertiary/aromatic N) is 2. The van der Waals surface area contributed by atoms with Gasteiger partial charge in [0.2, 0.25) is 10.0 Å². The molecule has 7 nitrogen and oxygen atoms in total. The summed E-state index contributed by atoms with van der Waals surface area (Å²) in [7, 11) is -0.624. The van der Waals surface area contributed by atoms with Crippen LogP contribution in [0, 0.1) is 11.6 Å². The van der Waals surface area contributed by atoms with Crippen LogP contribution in [-0.2, 0) is 10.0 Å². The highest BCUT2D eigenvalue weighted by Crippen LogP contribution is 2.43. The van der Waals surface area contributed by atoms with Gasteiger partial charge in [0.05, 0.1) is 11.3 Å². The Bertz CT molecular complexity index is 1670. The summed E-state index contributed by atoms with van der Waals surface area (Å²) in [5.74, 6) is -1.44. The van der Waals surface area contributed by atoms with Gasteiger partial charge in [0.15, 0.2) is 0 Å². The Hall–Kier alpha value is -3.41. The molecule has 1 fully saturated rings. The number of carbonyl (C=O) groups excluding carboxylic acids is 1. The minimum atomic E-state index is -4.05. The highest BCUT2D eigenvalue weighted by atomic mass is 32.2. The molecule has 1 atom stereocenters. The second-order valence-electron chi connectivity index (χ2n) is 9.61. The number of sulfonamides is 1. The summed E-state index contributed by atoms with van der Waals surface area (Å²) in [5.41, 5.74) is 3.02. The average Bonchev–Trinajstić information content (AvgIpc) is 3.34. The zero-order valence-electron chi connectivity index (χ0n) is 22.3. The number of hydrogen-bond acceptors (Lipinski definition) is 6. The van der Waals surface area contributed by atoms with E-state index in [0.29, 0.717) is 40.7 Å². The number of fused-ring (bicyclic) bond motifs is 1. The number of amides is 1. The Morgan fingerprint density at radius 2 is 1.85 bits per heavy atom. The molecule has 4 aromatic rings. The molecule has 3 aromatic carbocycles. The number of halogens is 2. The van der Waals surface area contributed by atoms with Gasteiger partial charge in [-0.1, -0.05) is 24.1 Å². The van der Waals surface area contributed by atoms with Crippen molar-refractivity contribution in [3.63, 3.8) is 0 Å². The molecule has 0 saturated carbocycles. The zero-order valence-corrected chi connectivity index (χ0v) is 23.9. The first-order valence-electron chi connectivity index (χ1n) is 12.8. The lowest BCUT2D eigenvalue weighted by Crippen LogP contribution is -2.39. The largest absolute Gasteiger partial charge is 0.455 e. The quantitative estimate of drug-likeness (QED) is 0.267. The Kier molecular flexibility index (Phi) is 7.89. The van der Waals surface area contributed by atoms with Gasteiger partial charge in [0.1, 0.15) is 27.9 Å². The number of hydrogen-bond donors (Lipinski definition) is 1. The molecule has 1 aliphatic heterocycles. The summed E-state index contributed by atoms with van der Waals surface area (Å²) < 4.78 is 64.4. The predicted octanol–water partition coefficient (Wildman–Crippen LogP) is 6.02. The van der Waals surface area contributed by atoms with Gasteiger partial charge < -0.3 is 14.0 Å². The van der Waals surface area contributed by atoms with Crippen molar-refractivity contribution in [3.8, 4) is 11.3 Å². The molecule has 1 aromatic heterocycles. The van der Waals surface area contributed by atoms with Gasteiger partial charge in [0, 0.05) is 50.5 Å². The third-order valence-electron chi connectivity index (χ3n) is 7.29. The summed E-state index contributed by atoms with van der Waals surface area (Å²) in [6.45, 7) is 0.447. The molecule has 1 unspecified atom stereocenters. The summed E-state index contributed by atoms with van der Waals surface area (Å²) in [5, 5.41) is 3.24. The van der Waals surface area contributed by atoms with E-state index in [2.05, 4.69) is 5.32 Å². The smallest absolute Gasteiger partial charge is 0.255 e. The van der Waals surface area contributed by atoms with Crippen LogP contribution < -0.4 is 9.62 Å². The van der Waals surface area contributed by atoms with Crippen molar-refractivity contribution in [3.05, 3.63) is 83.4 Å². The van der Waals surface area contributed by atoms with Crippen molar-refractivity contribution in [1.82, 2.24) is 9.62 Å². The molecule has 2 heterocycles.